The molecule has 0 bridgehead atoms. The lowest BCUT2D eigenvalue weighted by atomic mass is 10.0. The van der Waals surface area contributed by atoms with Gasteiger partial charge in [0.05, 0.1) is 17.6 Å². The normalized spacial score (nSPS) is 20.6. The molecule has 5 heteroatoms. The summed E-state index contributed by atoms with van der Waals surface area (Å²) in [5.74, 6) is 0.253. The molecule has 0 aromatic heterocycles. The highest BCUT2D eigenvalue weighted by atomic mass is 32.2. The summed E-state index contributed by atoms with van der Waals surface area (Å²) in [6, 6.07) is 5.97. The van der Waals surface area contributed by atoms with Crippen LogP contribution in [0.1, 0.15) is 35.6 Å². The first-order valence-corrected chi connectivity index (χ1v) is 9.30. The van der Waals surface area contributed by atoms with Crippen LogP contribution in [-0.4, -0.2) is 39.7 Å². The average Bonchev–Trinajstić information content (AvgIpc) is 2.88. The molecule has 1 fully saturated rings. The lowest BCUT2D eigenvalue weighted by Gasteiger charge is -2.20. The summed E-state index contributed by atoms with van der Waals surface area (Å²) in [5, 5.41) is 3.14. The topological polar surface area (TPSA) is 55.4 Å². The SMILES string of the molecule is CNC(CS(=O)(=O)CC1CCCO1)c1ccc(C)cc1C. The van der Waals surface area contributed by atoms with E-state index in [2.05, 4.69) is 11.4 Å². The maximum absolute atomic E-state index is 12.4. The van der Waals surface area contributed by atoms with E-state index in [1.54, 1.807) is 0 Å². The minimum Gasteiger partial charge on any atom is -0.377 e. The smallest absolute Gasteiger partial charge is 0.154 e. The largest absolute Gasteiger partial charge is 0.377 e. The van der Waals surface area contributed by atoms with Crippen molar-refractivity contribution in [3.63, 3.8) is 0 Å². The highest BCUT2D eigenvalue weighted by Gasteiger charge is 2.26. The first-order chi connectivity index (χ1) is 9.91. The van der Waals surface area contributed by atoms with E-state index < -0.39 is 9.84 Å². The molecule has 21 heavy (non-hydrogen) atoms. The van der Waals surface area contributed by atoms with Gasteiger partial charge in [-0.15, -0.1) is 0 Å². The molecule has 0 spiro atoms. The molecule has 2 atom stereocenters. The molecular formula is C16H25NO3S. The Morgan fingerprint density at radius 3 is 2.71 bits per heavy atom. The molecule has 1 aromatic carbocycles. The van der Waals surface area contributed by atoms with E-state index in [-0.39, 0.29) is 23.7 Å². The molecule has 1 saturated heterocycles. The van der Waals surface area contributed by atoms with E-state index in [1.165, 1.54) is 5.56 Å². The van der Waals surface area contributed by atoms with Crippen LogP contribution >= 0.6 is 0 Å². The van der Waals surface area contributed by atoms with E-state index in [0.717, 1.165) is 24.0 Å². The van der Waals surface area contributed by atoms with Crippen LogP contribution in [0, 0.1) is 13.8 Å². The molecule has 1 aliphatic rings. The minimum atomic E-state index is -3.14. The Morgan fingerprint density at radius 2 is 2.14 bits per heavy atom. The minimum absolute atomic E-state index is 0.118. The zero-order chi connectivity index (χ0) is 15.5. The van der Waals surface area contributed by atoms with Crippen LogP contribution in [-0.2, 0) is 14.6 Å². The number of hydrogen-bond donors (Lipinski definition) is 1. The molecule has 2 rings (SSSR count). The second-order valence-electron chi connectivity index (χ2n) is 5.91. The van der Waals surface area contributed by atoms with E-state index in [9.17, 15) is 8.42 Å². The summed E-state index contributed by atoms with van der Waals surface area (Å²) in [7, 11) is -1.33. The van der Waals surface area contributed by atoms with Crippen LogP contribution in [0.15, 0.2) is 18.2 Å². The second kappa shape index (κ2) is 6.90. The Bertz CT molecular complexity index is 577. The Morgan fingerprint density at radius 1 is 1.38 bits per heavy atom. The monoisotopic (exact) mass is 311 g/mol. The lowest BCUT2D eigenvalue weighted by molar-refractivity contribution is 0.127. The van der Waals surface area contributed by atoms with Crippen LogP contribution in [0.2, 0.25) is 0 Å². The zero-order valence-electron chi connectivity index (χ0n) is 13.1. The maximum Gasteiger partial charge on any atom is 0.154 e. The van der Waals surface area contributed by atoms with Crippen molar-refractivity contribution in [3.8, 4) is 0 Å². The summed E-state index contributed by atoms with van der Waals surface area (Å²) in [6.07, 6.45) is 1.70. The van der Waals surface area contributed by atoms with Crippen molar-refractivity contribution in [2.45, 2.75) is 38.8 Å². The Kier molecular flexibility index (Phi) is 5.41. The molecule has 118 valence electrons. The van der Waals surface area contributed by atoms with Gasteiger partial charge >= 0.3 is 0 Å². The molecule has 1 N–H and O–H groups in total. The lowest BCUT2D eigenvalue weighted by Crippen LogP contribution is -2.30. The first-order valence-electron chi connectivity index (χ1n) is 7.48. The van der Waals surface area contributed by atoms with Gasteiger partial charge in [-0.1, -0.05) is 23.8 Å². The van der Waals surface area contributed by atoms with Gasteiger partial charge in [0, 0.05) is 12.6 Å². The predicted octanol–water partition coefficient (Wildman–Crippen LogP) is 2.16. The molecular weight excluding hydrogens is 286 g/mol. The van der Waals surface area contributed by atoms with E-state index in [4.69, 9.17) is 4.74 Å². The number of sulfone groups is 1. The van der Waals surface area contributed by atoms with Crippen molar-refractivity contribution in [3.05, 3.63) is 34.9 Å². The van der Waals surface area contributed by atoms with Gasteiger partial charge in [-0.2, -0.15) is 0 Å². The van der Waals surface area contributed by atoms with Crippen molar-refractivity contribution in [2.24, 2.45) is 0 Å². The number of nitrogens with one attached hydrogen (secondary N) is 1. The van der Waals surface area contributed by atoms with E-state index in [1.807, 2.05) is 33.0 Å². The van der Waals surface area contributed by atoms with Gasteiger partial charge < -0.3 is 10.1 Å². The van der Waals surface area contributed by atoms with Gasteiger partial charge in [-0.25, -0.2) is 8.42 Å². The van der Waals surface area contributed by atoms with Crippen molar-refractivity contribution < 1.29 is 13.2 Å². The maximum atomic E-state index is 12.4. The standard InChI is InChI=1S/C16H25NO3S/c1-12-6-7-15(13(2)9-12)16(17-3)11-21(18,19)10-14-5-4-8-20-14/h6-7,9,14,16-17H,4-5,8,10-11H2,1-3H3. The molecule has 4 nitrogen and oxygen atoms in total. The van der Waals surface area contributed by atoms with Crippen molar-refractivity contribution in [1.82, 2.24) is 5.32 Å². The number of rotatable bonds is 6. The third-order valence-electron chi connectivity index (χ3n) is 4.03. The molecule has 1 heterocycles. The molecule has 1 aromatic rings. The molecule has 0 amide bonds. The second-order valence-corrected chi connectivity index (χ2v) is 8.07. The molecule has 0 aliphatic carbocycles. The van der Waals surface area contributed by atoms with Gasteiger partial charge in [-0.05, 0) is 44.9 Å². The summed E-state index contributed by atoms with van der Waals surface area (Å²) < 4.78 is 30.2. The van der Waals surface area contributed by atoms with Crippen LogP contribution in [0.5, 0.6) is 0 Å². The average molecular weight is 311 g/mol. The number of benzene rings is 1. The Hall–Kier alpha value is -0.910. The summed E-state index contributed by atoms with van der Waals surface area (Å²) in [6.45, 7) is 4.76. The zero-order valence-corrected chi connectivity index (χ0v) is 13.9. The third kappa shape index (κ3) is 4.53. The van der Waals surface area contributed by atoms with Gasteiger partial charge in [0.15, 0.2) is 9.84 Å². The molecule has 0 radical (unpaired) electrons. The number of aryl methyl sites for hydroxylation is 2. The Balaban J connectivity index is 2.10. The fourth-order valence-corrected chi connectivity index (χ4v) is 4.75. The molecule has 0 saturated carbocycles. The Labute approximate surface area is 127 Å². The van der Waals surface area contributed by atoms with E-state index >= 15 is 0 Å². The van der Waals surface area contributed by atoms with Crippen LogP contribution < -0.4 is 5.32 Å². The van der Waals surface area contributed by atoms with Crippen LogP contribution in [0.3, 0.4) is 0 Å². The number of hydrogen-bond acceptors (Lipinski definition) is 4. The molecule has 2 unspecified atom stereocenters. The first kappa shape index (κ1) is 16.5. The quantitative estimate of drug-likeness (QED) is 0.875. The summed E-state index contributed by atoms with van der Waals surface area (Å²) in [4.78, 5) is 0. The van der Waals surface area contributed by atoms with E-state index in [0.29, 0.717) is 6.61 Å². The summed E-state index contributed by atoms with van der Waals surface area (Å²) >= 11 is 0. The van der Waals surface area contributed by atoms with Gasteiger partial charge in [0.2, 0.25) is 0 Å². The van der Waals surface area contributed by atoms with Gasteiger partial charge in [0.25, 0.3) is 0 Å². The molecule has 1 aliphatic heterocycles. The summed E-state index contributed by atoms with van der Waals surface area (Å²) in [5.41, 5.74) is 3.37. The number of ether oxygens (including phenoxy) is 1. The fourth-order valence-electron chi connectivity index (χ4n) is 2.93. The highest BCUT2D eigenvalue weighted by molar-refractivity contribution is 7.91. The fraction of sp³-hybridized carbons (Fsp3) is 0.625. The van der Waals surface area contributed by atoms with Crippen molar-refractivity contribution in [1.29, 1.82) is 0 Å². The van der Waals surface area contributed by atoms with Crippen LogP contribution in [0.4, 0.5) is 0 Å². The van der Waals surface area contributed by atoms with Crippen LogP contribution in [0.25, 0.3) is 0 Å². The van der Waals surface area contributed by atoms with Gasteiger partial charge in [-0.3, -0.25) is 0 Å². The predicted molar refractivity (Wildman–Crippen MR) is 85.3 cm³/mol. The van der Waals surface area contributed by atoms with Crippen molar-refractivity contribution >= 4 is 9.84 Å². The third-order valence-corrected chi connectivity index (χ3v) is 5.75. The highest BCUT2D eigenvalue weighted by Crippen LogP contribution is 2.22. The van der Waals surface area contributed by atoms with Gasteiger partial charge in [0.1, 0.15) is 0 Å². The van der Waals surface area contributed by atoms with Crippen molar-refractivity contribution in [2.75, 3.05) is 25.2 Å².